The van der Waals surface area contributed by atoms with Crippen LogP contribution in [0.2, 0.25) is 0 Å². The Morgan fingerprint density at radius 1 is 1.07 bits per heavy atom. The number of thiazole rings is 1. The van der Waals surface area contributed by atoms with Crippen molar-refractivity contribution in [2.45, 2.75) is 11.0 Å². The van der Waals surface area contributed by atoms with Crippen molar-refractivity contribution in [1.29, 1.82) is 0 Å². The van der Waals surface area contributed by atoms with E-state index < -0.39 is 0 Å². The highest BCUT2D eigenvalue weighted by Crippen LogP contribution is 2.43. The van der Waals surface area contributed by atoms with E-state index in [1.165, 1.54) is 34.8 Å². The van der Waals surface area contributed by atoms with Crippen LogP contribution in [0.5, 0.6) is 5.75 Å². The third-order valence-corrected chi connectivity index (χ3v) is 8.16. The lowest BCUT2D eigenvalue weighted by atomic mass is 10.1. The molecule has 0 unspecified atom stereocenters. The Morgan fingerprint density at radius 2 is 1.79 bits per heavy atom. The average Bonchev–Trinajstić information content (AvgIpc) is 3.23. The number of thioether (sulfide) groups is 2. The molecule has 1 fully saturated rings. The zero-order valence-electron chi connectivity index (χ0n) is 15.4. The van der Waals surface area contributed by atoms with Gasteiger partial charge in [0.15, 0.2) is 5.13 Å². The first-order chi connectivity index (χ1) is 13.7. The van der Waals surface area contributed by atoms with Crippen LogP contribution in [-0.2, 0) is 0 Å². The van der Waals surface area contributed by atoms with Crippen LogP contribution >= 0.6 is 34.9 Å². The van der Waals surface area contributed by atoms with Gasteiger partial charge in [0.1, 0.15) is 5.75 Å². The summed E-state index contributed by atoms with van der Waals surface area (Å²) in [4.78, 5) is 17.1. The SMILES string of the molecule is COc1ccc(-c2csc(NC(=O)c3ccc(C4SCCCS4)cc3)n2)cc1. The van der Waals surface area contributed by atoms with E-state index in [1.807, 2.05) is 65.3 Å². The number of carbonyl (C=O) groups excluding carboxylic acids is 1. The number of aromatic nitrogens is 1. The highest BCUT2D eigenvalue weighted by molar-refractivity contribution is 8.16. The lowest BCUT2D eigenvalue weighted by Crippen LogP contribution is -2.11. The van der Waals surface area contributed by atoms with E-state index >= 15 is 0 Å². The Balaban J connectivity index is 1.41. The van der Waals surface area contributed by atoms with E-state index in [0.717, 1.165) is 17.0 Å². The Morgan fingerprint density at radius 3 is 2.46 bits per heavy atom. The van der Waals surface area contributed by atoms with Crippen molar-refractivity contribution < 1.29 is 9.53 Å². The summed E-state index contributed by atoms with van der Waals surface area (Å²) in [5.74, 6) is 3.09. The maximum atomic E-state index is 12.6. The molecule has 0 saturated carbocycles. The maximum Gasteiger partial charge on any atom is 0.257 e. The summed E-state index contributed by atoms with van der Waals surface area (Å²) in [5, 5.41) is 5.44. The number of carbonyl (C=O) groups is 1. The van der Waals surface area contributed by atoms with Gasteiger partial charge in [-0.3, -0.25) is 10.1 Å². The van der Waals surface area contributed by atoms with Gasteiger partial charge in [-0.1, -0.05) is 12.1 Å². The van der Waals surface area contributed by atoms with Crippen LogP contribution in [0.15, 0.2) is 53.9 Å². The molecule has 1 aliphatic rings. The van der Waals surface area contributed by atoms with Gasteiger partial charge in [-0.15, -0.1) is 34.9 Å². The molecule has 1 saturated heterocycles. The molecule has 3 aromatic rings. The van der Waals surface area contributed by atoms with Crippen LogP contribution in [0, 0.1) is 0 Å². The molecule has 144 valence electrons. The molecule has 2 heterocycles. The lowest BCUT2D eigenvalue weighted by Gasteiger charge is -2.21. The van der Waals surface area contributed by atoms with Crippen molar-refractivity contribution in [2.75, 3.05) is 23.9 Å². The second kappa shape index (κ2) is 9.03. The number of methoxy groups -OCH3 is 1. The molecule has 7 heteroatoms. The first-order valence-electron chi connectivity index (χ1n) is 8.97. The van der Waals surface area contributed by atoms with Gasteiger partial charge in [0.25, 0.3) is 5.91 Å². The highest BCUT2D eigenvalue weighted by atomic mass is 32.2. The molecule has 0 spiro atoms. The van der Waals surface area contributed by atoms with Crippen molar-refractivity contribution in [3.05, 3.63) is 65.0 Å². The Bertz CT molecular complexity index is 933. The number of amides is 1. The summed E-state index contributed by atoms with van der Waals surface area (Å²) in [6.45, 7) is 0. The van der Waals surface area contributed by atoms with Crippen LogP contribution in [0.4, 0.5) is 5.13 Å². The second-order valence-electron chi connectivity index (χ2n) is 6.27. The molecular weight excluding hydrogens is 408 g/mol. The van der Waals surface area contributed by atoms with E-state index in [2.05, 4.69) is 22.4 Å². The standard InChI is InChI=1S/C21H20N2O2S3/c1-25-17-9-7-14(8-10-17)18-13-28-21(22-18)23-19(24)15-3-5-16(6-4-15)20-26-11-2-12-27-20/h3-10,13,20H,2,11-12H2,1H3,(H,22,23,24). The normalized spacial score (nSPS) is 14.6. The molecule has 0 bridgehead atoms. The van der Waals surface area contributed by atoms with E-state index in [0.29, 0.717) is 15.3 Å². The third kappa shape index (κ3) is 4.54. The Labute approximate surface area is 177 Å². The molecular formula is C21H20N2O2S3. The van der Waals surface area contributed by atoms with Gasteiger partial charge in [-0.2, -0.15) is 0 Å². The molecule has 1 aliphatic heterocycles. The number of hydrogen-bond acceptors (Lipinski definition) is 6. The summed E-state index contributed by atoms with van der Waals surface area (Å²) >= 11 is 5.39. The molecule has 4 nitrogen and oxygen atoms in total. The van der Waals surface area contributed by atoms with Crippen LogP contribution in [0.25, 0.3) is 11.3 Å². The van der Waals surface area contributed by atoms with Crippen LogP contribution < -0.4 is 10.1 Å². The van der Waals surface area contributed by atoms with Crippen molar-refractivity contribution >= 4 is 45.9 Å². The van der Waals surface area contributed by atoms with Gasteiger partial charge in [-0.25, -0.2) is 4.98 Å². The lowest BCUT2D eigenvalue weighted by molar-refractivity contribution is 0.102. The minimum Gasteiger partial charge on any atom is -0.497 e. The van der Waals surface area contributed by atoms with Crippen molar-refractivity contribution in [1.82, 2.24) is 4.98 Å². The van der Waals surface area contributed by atoms with Crippen molar-refractivity contribution in [2.24, 2.45) is 0 Å². The number of ether oxygens (including phenoxy) is 1. The fraction of sp³-hybridized carbons (Fsp3) is 0.238. The topological polar surface area (TPSA) is 51.2 Å². The molecule has 1 amide bonds. The molecule has 4 rings (SSSR count). The van der Waals surface area contributed by atoms with Crippen molar-refractivity contribution in [3.8, 4) is 17.0 Å². The fourth-order valence-corrected chi connectivity index (χ4v) is 6.48. The third-order valence-electron chi connectivity index (χ3n) is 4.38. The monoisotopic (exact) mass is 428 g/mol. The number of nitrogens with one attached hydrogen (secondary N) is 1. The largest absolute Gasteiger partial charge is 0.497 e. The molecule has 0 aliphatic carbocycles. The van der Waals surface area contributed by atoms with E-state index in [-0.39, 0.29) is 5.91 Å². The number of hydrogen-bond donors (Lipinski definition) is 1. The highest BCUT2D eigenvalue weighted by Gasteiger charge is 2.17. The molecule has 2 aromatic carbocycles. The van der Waals surface area contributed by atoms with E-state index in [1.54, 1.807) is 7.11 Å². The van der Waals surface area contributed by atoms with Crippen LogP contribution in [0.1, 0.15) is 26.9 Å². The van der Waals surface area contributed by atoms with E-state index in [9.17, 15) is 4.79 Å². The minimum atomic E-state index is -0.133. The zero-order chi connectivity index (χ0) is 19.3. The summed E-state index contributed by atoms with van der Waals surface area (Å²) in [6.07, 6.45) is 1.28. The summed E-state index contributed by atoms with van der Waals surface area (Å²) in [7, 11) is 1.64. The number of anilines is 1. The van der Waals surface area contributed by atoms with Gasteiger partial charge >= 0.3 is 0 Å². The first-order valence-corrected chi connectivity index (χ1v) is 11.9. The second-order valence-corrected chi connectivity index (χ2v) is 9.85. The van der Waals surface area contributed by atoms with Crippen LogP contribution in [-0.4, -0.2) is 29.5 Å². The van der Waals surface area contributed by atoms with Gasteiger partial charge in [0, 0.05) is 16.5 Å². The molecule has 1 N–H and O–H groups in total. The molecule has 28 heavy (non-hydrogen) atoms. The first kappa shape index (κ1) is 19.4. The summed E-state index contributed by atoms with van der Waals surface area (Å²) in [6, 6.07) is 15.6. The molecule has 1 aromatic heterocycles. The maximum absolute atomic E-state index is 12.6. The molecule has 0 radical (unpaired) electrons. The van der Waals surface area contributed by atoms with Crippen LogP contribution in [0.3, 0.4) is 0 Å². The summed E-state index contributed by atoms with van der Waals surface area (Å²) < 4.78 is 5.66. The number of benzene rings is 2. The van der Waals surface area contributed by atoms with Crippen molar-refractivity contribution in [3.63, 3.8) is 0 Å². The summed E-state index contributed by atoms with van der Waals surface area (Å²) in [5.41, 5.74) is 3.76. The minimum absolute atomic E-state index is 0.133. The Hall–Kier alpha value is -1.96. The quantitative estimate of drug-likeness (QED) is 0.545. The zero-order valence-corrected chi connectivity index (χ0v) is 17.8. The number of rotatable bonds is 5. The predicted octanol–water partition coefficient (Wildman–Crippen LogP) is 5.94. The Kier molecular flexibility index (Phi) is 6.24. The van der Waals surface area contributed by atoms with Gasteiger partial charge < -0.3 is 4.74 Å². The number of nitrogens with zero attached hydrogens (tertiary/aromatic N) is 1. The predicted molar refractivity (Wildman–Crippen MR) is 121 cm³/mol. The molecule has 0 atom stereocenters. The van der Waals surface area contributed by atoms with Gasteiger partial charge in [0.05, 0.1) is 17.4 Å². The van der Waals surface area contributed by atoms with Gasteiger partial charge in [-0.05, 0) is 59.9 Å². The van der Waals surface area contributed by atoms with E-state index in [4.69, 9.17) is 4.74 Å². The average molecular weight is 429 g/mol. The smallest absolute Gasteiger partial charge is 0.257 e. The van der Waals surface area contributed by atoms with Gasteiger partial charge in [0.2, 0.25) is 0 Å². The fourth-order valence-electron chi connectivity index (χ4n) is 2.87.